The van der Waals surface area contributed by atoms with Crippen LogP contribution in [0.5, 0.6) is 0 Å². The van der Waals surface area contributed by atoms with Gasteiger partial charge in [-0.3, -0.25) is 4.57 Å². The van der Waals surface area contributed by atoms with Crippen LogP contribution in [0.4, 0.5) is 32.2 Å². The Hall–Kier alpha value is -3.97. The number of morpholine rings is 1. The first-order valence-electron chi connectivity index (χ1n) is 13.5. The minimum atomic E-state index is -2.81. The summed E-state index contributed by atoms with van der Waals surface area (Å²) in [5.41, 5.74) is 1.61. The normalized spacial score (nSPS) is 17.1. The zero-order chi connectivity index (χ0) is 27.6. The molecule has 2 fully saturated rings. The van der Waals surface area contributed by atoms with Crippen LogP contribution in [-0.4, -0.2) is 93.9 Å². The molecule has 0 amide bonds. The van der Waals surface area contributed by atoms with Crippen molar-refractivity contribution in [1.29, 1.82) is 0 Å². The van der Waals surface area contributed by atoms with Gasteiger partial charge >= 0.3 is 0 Å². The molecule has 6 rings (SSSR count). The summed E-state index contributed by atoms with van der Waals surface area (Å²) in [7, 11) is 4.23. The van der Waals surface area contributed by atoms with Gasteiger partial charge in [0.2, 0.25) is 17.8 Å². The Bertz CT molecular complexity index is 1450. The summed E-state index contributed by atoms with van der Waals surface area (Å²) in [6.07, 6.45) is 1.10. The number of hydrogen-bond acceptors (Lipinski definition) is 10. The number of alkyl halides is 2. The lowest BCUT2D eigenvalue weighted by molar-refractivity contribution is 0.122. The standard InChI is InChI=1S/C27H32F2N10O/c1-36-11-9-19(10-12-36)37(2)22-8-7-18(17-30-22)31-25-33-26(38-13-15-40-16-14-38)35-27(34-25)39-21-6-4-3-5-20(21)32-24(39)23(28)29/h3-8,17,19,23H,9-16H2,1-2H3,(H,31,33,34,35). The van der Waals surface area contributed by atoms with Crippen LogP contribution < -0.4 is 15.1 Å². The highest BCUT2D eigenvalue weighted by Gasteiger charge is 2.25. The van der Waals surface area contributed by atoms with Gasteiger partial charge in [0, 0.05) is 26.2 Å². The highest BCUT2D eigenvalue weighted by Crippen LogP contribution is 2.28. The lowest BCUT2D eigenvalue weighted by Gasteiger charge is -2.35. The predicted molar refractivity (Wildman–Crippen MR) is 149 cm³/mol. The first-order chi connectivity index (χ1) is 19.5. The minimum Gasteiger partial charge on any atom is -0.378 e. The van der Waals surface area contributed by atoms with E-state index < -0.39 is 12.2 Å². The van der Waals surface area contributed by atoms with Crippen LogP contribution in [0.1, 0.15) is 25.1 Å². The van der Waals surface area contributed by atoms with E-state index in [-0.39, 0.29) is 11.9 Å². The third-order valence-corrected chi connectivity index (χ3v) is 7.49. The topological polar surface area (TPSA) is 100 Å². The molecule has 2 aliphatic rings. The molecule has 2 saturated heterocycles. The maximum absolute atomic E-state index is 14.1. The van der Waals surface area contributed by atoms with E-state index in [4.69, 9.17) is 4.74 Å². The number of likely N-dealkylation sites (tertiary alicyclic amines) is 1. The highest BCUT2D eigenvalue weighted by atomic mass is 19.3. The molecule has 0 aliphatic carbocycles. The van der Waals surface area contributed by atoms with Gasteiger partial charge in [-0.05, 0) is 57.2 Å². The molecule has 2 aliphatic heterocycles. The van der Waals surface area contributed by atoms with Gasteiger partial charge in [0.25, 0.3) is 6.43 Å². The Labute approximate surface area is 230 Å². The summed E-state index contributed by atoms with van der Waals surface area (Å²) in [6.45, 7) is 4.35. The summed E-state index contributed by atoms with van der Waals surface area (Å²) in [4.78, 5) is 29.1. The number of nitrogens with zero attached hydrogens (tertiary/aromatic N) is 9. The molecular weight excluding hydrogens is 518 g/mol. The van der Waals surface area contributed by atoms with Crippen molar-refractivity contribution >= 4 is 34.4 Å². The van der Waals surface area contributed by atoms with Crippen molar-refractivity contribution in [2.45, 2.75) is 25.3 Å². The Morgan fingerprint density at radius 2 is 1.70 bits per heavy atom. The Kier molecular flexibility index (Phi) is 7.39. The molecule has 40 heavy (non-hydrogen) atoms. The number of rotatable bonds is 7. The number of halogens is 2. The second kappa shape index (κ2) is 11.3. The summed E-state index contributed by atoms with van der Waals surface area (Å²) in [6, 6.07) is 11.3. The van der Waals surface area contributed by atoms with Crippen molar-refractivity contribution in [2.24, 2.45) is 0 Å². The lowest BCUT2D eigenvalue weighted by atomic mass is 10.0. The van der Waals surface area contributed by atoms with E-state index in [9.17, 15) is 8.78 Å². The second-order valence-corrected chi connectivity index (χ2v) is 10.1. The van der Waals surface area contributed by atoms with Gasteiger partial charge in [0.05, 0.1) is 36.1 Å². The number of anilines is 4. The zero-order valence-electron chi connectivity index (χ0n) is 22.5. The van der Waals surface area contributed by atoms with Gasteiger partial charge in [-0.25, -0.2) is 18.7 Å². The summed E-state index contributed by atoms with van der Waals surface area (Å²) in [5, 5.41) is 3.20. The maximum Gasteiger partial charge on any atom is 0.296 e. The molecule has 4 aromatic rings. The highest BCUT2D eigenvalue weighted by molar-refractivity contribution is 5.77. The Balaban J connectivity index is 1.33. The smallest absolute Gasteiger partial charge is 0.296 e. The number of nitrogens with one attached hydrogen (secondary N) is 1. The molecule has 210 valence electrons. The Morgan fingerprint density at radius 1 is 0.950 bits per heavy atom. The van der Waals surface area contributed by atoms with Crippen molar-refractivity contribution in [2.75, 3.05) is 68.6 Å². The van der Waals surface area contributed by atoms with Crippen molar-refractivity contribution in [3.63, 3.8) is 0 Å². The van der Waals surface area contributed by atoms with E-state index in [1.54, 1.807) is 30.5 Å². The molecule has 5 heterocycles. The largest absolute Gasteiger partial charge is 0.378 e. The average Bonchev–Trinajstić information content (AvgIpc) is 3.38. The number of ether oxygens (including phenoxy) is 1. The molecule has 1 aromatic carbocycles. The quantitative estimate of drug-likeness (QED) is 0.367. The van der Waals surface area contributed by atoms with E-state index >= 15 is 0 Å². The number of benzene rings is 1. The van der Waals surface area contributed by atoms with Gasteiger partial charge < -0.3 is 24.8 Å². The molecule has 0 unspecified atom stereocenters. The fraction of sp³-hybridized carbons (Fsp3) is 0.444. The van der Waals surface area contributed by atoms with Gasteiger partial charge in [-0.15, -0.1) is 0 Å². The fourth-order valence-corrected chi connectivity index (χ4v) is 5.18. The Morgan fingerprint density at radius 3 is 2.42 bits per heavy atom. The predicted octanol–water partition coefficient (Wildman–Crippen LogP) is 3.65. The molecule has 1 N–H and O–H groups in total. The van der Waals surface area contributed by atoms with Crippen LogP contribution in [0.25, 0.3) is 17.0 Å². The van der Waals surface area contributed by atoms with Gasteiger partial charge in [-0.2, -0.15) is 15.0 Å². The summed E-state index contributed by atoms with van der Waals surface area (Å²) in [5.74, 6) is 1.13. The first kappa shape index (κ1) is 26.3. The van der Waals surface area contributed by atoms with Gasteiger partial charge in [0.1, 0.15) is 5.82 Å². The number of hydrogen-bond donors (Lipinski definition) is 1. The number of para-hydroxylation sites is 2. The zero-order valence-corrected chi connectivity index (χ0v) is 22.5. The van der Waals surface area contributed by atoms with Crippen LogP contribution in [0.2, 0.25) is 0 Å². The van der Waals surface area contributed by atoms with Crippen LogP contribution in [0.15, 0.2) is 42.6 Å². The van der Waals surface area contributed by atoms with Crippen molar-refractivity contribution in [3.8, 4) is 5.95 Å². The molecule has 3 aromatic heterocycles. The average molecular weight is 551 g/mol. The number of pyridine rings is 1. The molecule has 0 spiro atoms. The SMILES string of the molecule is CN1CCC(N(C)c2ccc(Nc3nc(N4CCOCC4)nc(-n4c(C(F)F)nc5ccccc54)n3)cn2)CC1. The van der Waals surface area contributed by atoms with E-state index in [0.29, 0.717) is 55.0 Å². The van der Waals surface area contributed by atoms with Gasteiger partial charge in [-0.1, -0.05) is 12.1 Å². The first-order valence-corrected chi connectivity index (χ1v) is 13.5. The number of imidazole rings is 1. The lowest BCUT2D eigenvalue weighted by Crippen LogP contribution is -2.42. The van der Waals surface area contributed by atoms with E-state index in [0.717, 1.165) is 31.7 Å². The monoisotopic (exact) mass is 550 g/mol. The number of aromatic nitrogens is 6. The third-order valence-electron chi connectivity index (χ3n) is 7.49. The van der Waals surface area contributed by atoms with Crippen LogP contribution in [0, 0.1) is 0 Å². The van der Waals surface area contributed by atoms with Crippen molar-refractivity contribution < 1.29 is 13.5 Å². The van der Waals surface area contributed by atoms with Crippen LogP contribution >= 0.6 is 0 Å². The van der Waals surface area contributed by atoms with E-state index in [1.807, 2.05) is 17.0 Å². The third kappa shape index (κ3) is 5.39. The molecule has 0 radical (unpaired) electrons. The molecule has 0 bridgehead atoms. The van der Waals surface area contributed by atoms with E-state index in [2.05, 4.69) is 54.1 Å². The maximum atomic E-state index is 14.1. The fourth-order valence-electron chi connectivity index (χ4n) is 5.18. The van der Waals surface area contributed by atoms with Crippen LogP contribution in [-0.2, 0) is 4.74 Å². The van der Waals surface area contributed by atoms with Crippen LogP contribution in [0.3, 0.4) is 0 Å². The molecule has 13 heteroatoms. The minimum absolute atomic E-state index is 0.0644. The van der Waals surface area contributed by atoms with E-state index in [1.165, 1.54) is 4.57 Å². The summed E-state index contributed by atoms with van der Waals surface area (Å²) < 4.78 is 35.0. The molecule has 0 saturated carbocycles. The molecule has 0 atom stereocenters. The van der Waals surface area contributed by atoms with Crippen molar-refractivity contribution in [1.82, 2.24) is 34.4 Å². The number of piperidine rings is 1. The number of fused-ring (bicyclic) bond motifs is 1. The summed E-state index contributed by atoms with van der Waals surface area (Å²) >= 11 is 0. The van der Waals surface area contributed by atoms with Crippen molar-refractivity contribution in [3.05, 3.63) is 48.4 Å². The van der Waals surface area contributed by atoms with Gasteiger partial charge in [0.15, 0.2) is 5.82 Å². The molecule has 11 nitrogen and oxygen atoms in total. The molecular formula is C27H32F2N10O. The second-order valence-electron chi connectivity index (χ2n) is 10.1.